The van der Waals surface area contributed by atoms with Crippen LogP contribution in [-0.4, -0.2) is 24.0 Å². The SMILES string of the molecule is I.NC(=NCCc1ccccn1)NCC#Cc1cccc(C(F)(F)F)c1. The highest BCUT2D eigenvalue weighted by Gasteiger charge is 2.30. The molecular weight excluding hydrogens is 456 g/mol. The molecule has 0 saturated heterocycles. The van der Waals surface area contributed by atoms with Crippen molar-refractivity contribution >= 4 is 29.9 Å². The van der Waals surface area contributed by atoms with Crippen molar-refractivity contribution in [1.82, 2.24) is 10.3 Å². The van der Waals surface area contributed by atoms with Crippen molar-refractivity contribution in [3.8, 4) is 11.8 Å². The summed E-state index contributed by atoms with van der Waals surface area (Å²) in [5.41, 5.74) is 6.19. The molecule has 0 saturated carbocycles. The monoisotopic (exact) mass is 474 g/mol. The summed E-state index contributed by atoms with van der Waals surface area (Å²) in [4.78, 5) is 8.31. The summed E-state index contributed by atoms with van der Waals surface area (Å²) in [5, 5.41) is 2.80. The molecule has 0 bridgehead atoms. The van der Waals surface area contributed by atoms with Crippen LogP contribution in [0.5, 0.6) is 0 Å². The molecule has 2 rings (SSSR count). The van der Waals surface area contributed by atoms with Crippen molar-refractivity contribution < 1.29 is 13.2 Å². The van der Waals surface area contributed by atoms with E-state index in [4.69, 9.17) is 5.73 Å². The van der Waals surface area contributed by atoms with Crippen molar-refractivity contribution in [2.24, 2.45) is 10.7 Å². The van der Waals surface area contributed by atoms with Gasteiger partial charge in [0.1, 0.15) is 0 Å². The van der Waals surface area contributed by atoms with Crippen LogP contribution in [0.15, 0.2) is 53.7 Å². The van der Waals surface area contributed by atoms with Gasteiger partial charge in [0.15, 0.2) is 5.96 Å². The molecule has 2 aromatic rings. The van der Waals surface area contributed by atoms with E-state index < -0.39 is 11.7 Å². The molecule has 0 aliphatic carbocycles. The number of halogens is 4. The quantitative estimate of drug-likeness (QED) is 0.310. The van der Waals surface area contributed by atoms with Gasteiger partial charge in [-0.15, -0.1) is 24.0 Å². The van der Waals surface area contributed by atoms with Gasteiger partial charge >= 0.3 is 6.18 Å². The summed E-state index contributed by atoms with van der Waals surface area (Å²) in [5.74, 6) is 5.61. The fourth-order valence-electron chi connectivity index (χ4n) is 1.95. The molecule has 0 fully saturated rings. The molecule has 0 atom stereocenters. The number of aromatic nitrogens is 1. The fraction of sp³-hybridized carbons (Fsp3) is 0.222. The van der Waals surface area contributed by atoms with E-state index in [0.29, 0.717) is 18.5 Å². The number of hydrogen-bond donors (Lipinski definition) is 2. The van der Waals surface area contributed by atoms with Crippen molar-refractivity contribution in [1.29, 1.82) is 0 Å². The highest BCUT2D eigenvalue weighted by Crippen LogP contribution is 2.29. The number of guanidine groups is 1. The van der Waals surface area contributed by atoms with Gasteiger partial charge in [-0.2, -0.15) is 13.2 Å². The number of aliphatic imine (C=N–C) groups is 1. The molecule has 0 unspecified atom stereocenters. The van der Waals surface area contributed by atoms with Crippen LogP contribution in [0, 0.1) is 11.8 Å². The molecule has 0 radical (unpaired) electrons. The van der Waals surface area contributed by atoms with Crippen molar-refractivity contribution in [2.75, 3.05) is 13.1 Å². The molecule has 0 amide bonds. The Morgan fingerprint density at radius 2 is 2.00 bits per heavy atom. The van der Waals surface area contributed by atoms with Gasteiger partial charge in [0, 0.05) is 30.4 Å². The third kappa shape index (κ3) is 7.74. The van der Waals surface area contributed by atoms with Gasteiger partial charge in [0.05, 0.1) is 12.1 Å². The highest BCUT2D eigenvalue weighted by atomic mass is 127. The van der Waals surface area contributed by atoms with Gasteiger partial charge in [-0.05, 0) is 30.3 Å². The van der Waals surface area contributed by atoms with Crippen LogP contribution in [0.4, 0.5) is 13.2 Å². The number of hydrogen-bond acceptors (Lipinski definition) is 2. The van der Waals surface area contributed by atoms with Gasteiger partial charge in [0.25, 0.3) is 0 Å². The lowest BCUT2D eigenvalue weighted by atomic mass is 10.1. The first kappa shape index (κ1) is 21.8. The minimum atomic E-state index is -4.37. The van der Waals surface area contributed by atoms with E-state index in [0.717, 1.165) is 17.8 Å². The third-order valence-electron chi connectivity index (χ3n) is 3.16. The summed E-state index contributed by atoms with van der Waals surface area (Å²) in [7, 11) is 0. The Bertz CT molecular complexity index is 780. The molecule has 0 spiro atoms. The summed E-state index contributed by atoms with van der Waals surface area (Å²) >= 11 is 0. The Hall–Kier alpha value is -2.28. The van der Waals surface area contributed by atoms with Crippen molar-refractivity contribution in [2.45, 2.75) is 12.6 Å². The molecule has 138 valence electrons. The highest BCUT2D eigenvalue weighted by molar-refractivity contribution is 14.0. The van der Waals surface area contributed by atoms with Crippen molar-refractivity contribution in [3.63, 3.8) is 0 Å². The number of nitrogens with two attached hydrogens (primary N) is 1. The van der Waals surface area contributed by atoms with E-state index in [1.54, 1.807) is 6.20 Å². The van der Waals surface area contributed by atoms with Crippen LogP contribution >= 0.6 is 24.0 Å². The smallest absolute Gasteiger partial charge is 0.370 e. The number of pyridine rings is 1. The summed E-state index contributed by atoms with van der Waals surface area (Å²) < 4.78 is 37.8. The summed E-state index contributed by atoms with van der Waals surface area (Å²) in [6.45, 7) is 0.673. The standard InChI is InChI=1S/C18H17F3N4.HI/c19-18(20,21)15-7-3-5-14(13-15)6-4-11-24-17(22)25-12-9-16-8-1-2-10-23-16;/h1-3,5,7-8,10,13H,9,11-12H2,(H3,22,24,25);1H. The van der Waals surface area contributed by atoms with E-state index in [1.165, 1.54) is 12.1 Å². The molecule has 1 aromatic carbocycles. The van der Waals surface area contributed by atoms with E-state index in [1.807, 2.05) is 18.2 Å². The van der Waals surface area contributed by atoms with Crippen LogP contribution in [0.3, 0.4) is 0 Å². The lowest BCUT2D eigenvalue weighted by molar-refractivity contribution is -0.137. The van der Waals surface area contributed by atoms with Gasteiger partial charge in [-0.1, -0.05) is 24.0 Å². The van der Waals surface area contributed by atoms with Crippen LogP contribution in [-0.2, 0) is 12.6 Å². The van der Waals surface area contributed by atoms with Gasteiger partial charge in [-0.25, -0.2) is 0 Å². The molecular formula is C18H18F3IN4. The summed E-state index contributed by atoms with van der Waals surface area (Å²) in [6.07, 6.45) is -2.00. The van der Waals surface area contributed by atoms with E-state index in [9.17, 15) is 13.2 Å². The molecule has 3 N–H and O–H groups in total. The topological polar surface area (TPSA) is 63.3 Å². The number of nitrogens with one attached hydrogen (secondary N) is 1. The zero-order valence-electron chi connectivity index (χ0n) is 13.8. The Morgan fingerprint density at radius 1 is 1.19 bits per heavy atom. The normalized spacial score (nSPS) is 11.1. The number of benzene rings is 1. The van der Waals surface area contributed by atoms with Crippen molar-refractivity contribution in [3.05, 3.63) is 65.5 Å². The molecule has 26 heavy (non-hydrogen) atoms. The molecule has 8 heteroatoms. The fourth-order valence-corrected chi connectivity index (χ4v) is 1.95. The first-order valence-corrected chi connectivity index (χ1v) is 7.55. The third-order valence-corrected chi connectivity index (χ3v) is 3.16. The second kappa shape index (κ2) is 10.7. The zero-order valence-corrected chi connectivity index (χ0v) is 16.1. The number of alkyl halides is 3. The predicted molar refractivity (Wildman–Crippen MR) is 106 cm³/mol. The van der Waals surface area contributed by atoms with E-state index in [-0.39, 0.29) is 36.5 Å². The Balaban J connectivity index is 0.00000338. The van der Waals surface area contributed by atoms with Crippen LogP contribution in [0.2, 0.25) is 0 Å². The Morgan fingerprint density at radius 3 is 2.69 bits per heavy atom. The Labute approximate surface area is 167 Å². The van der Waals surface area contributed by atoms with Crippen LogP contribution < -0.4 is 11.1 Å². The summed E-state index contributed by atoms with van der Waals surface area (Å²) in [6, 6.07) is 10.5. The largest absolute Gasteiger partial charge is 0.416 e. The maximum atomic E-state index is 12.6. The average Bonchev–Trinajstić information content (AvgIpc) is 2.59. The zero-order chi connectivity index (χ0) is 18.1. The van der Waals surface area contributed by atoms with Gasteiger partial charge in [-0.3, -0.25) is 9.98 Å². The molecule has 0 aliphatic heterocycles. The lowest BCUT2D eigenvalue weighted by Crippen LogP contribution is -2.32. The first-order chi connectivity index (χ1) is 11.9. The average molecular weight is 474 g/mol. The minimum Gasteiger partial charge on any atom is -0.370 e. The first-order valence-electron chi connectivity index (χ1n) is 7.55. The lowest BCUT2D eigenvalue weighted by Gasteiger charge is -2.05. The maximum absolute atomic E-state index is 12.6. The van der Waals surface area contributed by atoms with Gasteiger partial charge < -0.3 is 11.1 Å². The number of rotatable bonds is 4. The Kier molecular flexibility index (Phi) is 8.92. The number of nitrogens with zero attached hydrogens (tertiary/aromatic N) is 2. The van der Waals surface area contributed by atoms with E-state index in [2.05, 4.69) is 27.1 Å². The van der Waals surface area contributed by atoms with E-state index >= 15 is 0 Å². The van der Waals surface area contributed by atoms with Crippen LogP contribution in [0.1, 0.15) is 16.8 Å². The molecule has 4 nitrogen and oxygen atoms in total. The van der Waals surface area contributed by atoms with Gasteiger partial charge in [0.2, 0.25) is 0 Å². The molecule has 0 aliphatic rings. The maximum Gasteiger partial charge on any atom is 0.416 e. The minimum absolute atomic E-state index is 0. The second-order valence-corrected chi connectivity index (χ2v) is 5.07. The second-order valence-electron chi connectivity index (χ2n) is 5.07. The predicted octanol–water partition coefficient (Wildman–Crippen LogP) is 3.22. The van der Waals surface area contributed by atoms with Crippen LogP contribution in [0.25, 0.3) is 0 Å². The molecule has 1 heterocycles. The molecule has 1 aromatic heterocycles.